The Labute approximate surface area is 93.9 Å². The van der Waals surface area contributed by atoms with Gasteiger partial charge in [0, 0.05) is 5.56 Å². The van der Waals surface area contributed by atoms with E-state index in [4.69, 9.17) is 16.2 Å². The minimum absolute atomic E-state index is 0.396. The summed E-state index contributed by atoms with van der Waals surface area (Å²) in [6, 6.07) is 11.3. The third-order valence-electron chi connectivity index (χ3n) is 2.29. The van der Waals surface area contributed by atoms with Gasteiger partial charge in [-0.2, -0.15) is 0 Å². The molecule has 4 heteroatoms. The fourth-order valence-electron chi connectivity index (χ4n) is 1.52. The molecule has 0 aliphatic heterocycles. The van der Waals surface area contributed by atoms with Crippen LogP contribution in [0.5, 0.6) is 5.88 Å². The maximum Gasteiger partial charge on any atom is 0.237 e. The molecule has 1 aromatic heterocycles. The number of pyridine rings is 1. The smallest absolute Gasteiger partial charge is 0.237 e. The van der Waals surface area contributed by atoms with Crippen LogP contribution in [0.2, 0.25) is 0 Å². The molecule has 0 aliphatic rings. The minimum Gasteiger partial charge on any atom is -0.480 e. The van der Waals surface area contributed by atoms with Crippen LogP contribution in [0.25, 0.3) is 11.3 Å². The number of benzene rings is 1. The third-order valence-corrected chi connectivity index (χ3v) is 2.29. The van der Waals surface area contributed by atoms with Crippen molar-refractivity contribution in [2.24, 2.45) is 0 Å². The van der Waals surface area contributed by atoms with Crippen LogP contribution in [0.15, 0.2) is 36.4 Å². The second kappa shape index (κ2) is 4.10. The molecule has 82 valence electrons. The van der Waals surface area contributed by atoms with Gasteiger partial charge in [-0.3, -0.25) is 0 Å². The molecule has 16 heavy (non-hydrogen) atoms. The van der Waals surface area contributed by atoms with Crippen LogP contribution >= 0.6 is 0 Å². The van der Waals surface area contributed by atoms with E-state index in [2.05, 4.69) is 4.98 Å². The zero-order valence-electron chi connectivity index (χ0n) is 8.97. The SMILES string of the molecule is COc1nc(-c2ccccc2)c(N)cc1N. The molecule has 0 aliphatic carbocycles. The van der Waals surface area contributed by atoms with Gasteiger partial charge < -0.3 is 16.2 Å². The Balaban J connectivity index is 2.57. The van der Waals surface area contributed by atoms with Gasteiger partial charge in [-0.1, -0.05) is 30.3 Å². The number of nitrogens with zero attached hydrogens (tertiary/aromatic N) is 1. The summed E-state index contributed by atoms with van der Waals surface area (Å²) in [4.78, 5) is 4.29. The molecule has 4 N–H and O–H groups in total. The van der Waals surface area contributed by atoms with Crippen molar-refractivity contribution >= 4 is 11.4 Å². The van der Waals surface area contributed by atoms with E-state index in [1.165, 1.54) is 7.11 Å². The van der Waals surface area contributed by atoms with Gasteiger partial charge in [0.2, 0.25) is 5.88 Å². The second-order valence-electron chi connectivity index (χ2n) is 3.39. The molecule has 1 heterocycles. The average Bonchev–Trinajstić information content (AvgIpc) is 2.30. The number of nitrogens with two attached hydrogens (primary N) is 2. The van der Waals surface area contributed by atoms with Gasteiger partial charge in [-0.05, 0) is 6.07 Å². The molecular weight excluding hydrogens is 202 g/mol. The first kappa shape index (κ1) is 10.3. The lowest BCUT2D eigenvalue weighted by molar-refractivity contribution is 0.401. The van der Waals surface area contributed by atoms with Gasteiger partial charge in [0.25, 0.3) is 0 Å². The standard InChI is InChI=1S/C12H13N3O/c1-16-12-10(14)7-9(13)11(15-12)8-5-3-2-4-6-8/h2-7H,13-14H2,1H3. The Morgan fingerprint density at radius 3 is 2.38 bits per heavy atom. The van der Waals surface area contributed by atoms with Crippen LogP contribution in [-0.4, -0.2) is 12.1 Å². The maximum absolute atomic E-state index is 5.88. The number of hydrogen-bond acceptors (Lipinski definition) is 4. The first-order chi connectivity index (χ1) is 7.72. The highest BCUT2D eigenvalue weighted by Gasteiger charge is 2.09. The molecule has 0 saturated heterocycles. The van der Waals surface area contributed by atoms with Crippen molar-refractivity contribution < 1.29 is 4.74 Å². The third kappa shape index (κ3) is 1.77. The van der Waals surface area contributed by atoms with Gasteiger partial charge >= 0.3 is 0 Å². The van der Waals surface area contributed by atoms with Crippen molar-refractivity contribution in [3.05, 3.63) is 36.4 Å². The van der Waals surface area contributed by atoms with Gasteiger partial charge in [0.15, 0.2) is 0 Å². The van der Waals surface area contributed by atoms with Crippen molar-refractivity contribution in [1.82, 2.24) is 4.98 Å². The van der Waals surface area contributed by atoms with Gasteiger partial charge in [0.1, 0.15) is 0 Å². The molecular formula is C12H13N3O. The molecule has 0 unspecified atom stereocenters. The summed E-state index contributed by atoms with van der Waals surface area (Å²) in [5.41, 5.74) is 14.2. The summed E-state index contributed by atoms with van der Waals surface area (Å²) in [5, 5.41) is 0. The lowest BCUT2D eigenvalue weighted by Crippen LogP contribution is -2.00. The number of nitrogen functional groups attached to an aromatic ring is 2. The largest absolute Gasteiger partial charge is 0.480 e. The van der Waals surface area contributed by atoms with Crippen LogP contribution in [0.4, 0.5) is 11.4 Å². The zero-order chi connectivity index (χ0) is 11.5. The van der Waals surface area contributed by atoms with Gasteiger partial charge in [-0.25, -0.2) is 4.98 Å². The van der Waals surface area contributed by atoms with Crippen molar-refractivity contribution in [1.29, 1.82) is 0 Å². The van der Waals surface area contributed by atoms with Gasteiger partial charge in [0.05, 0.1) is 24.2 Å². The van der Waals surface area contributed by atoms with E-state index in [0.29, 0.717) is 22.9 Å². The molecule has 0 amide bonds. The van der Waals surface area contributed by atoms with Crippen molar-refractivity contribution in [2.75, 3.05) is 18.6 Å². The molecule has 0 spiro atoms. The normalized spacial score (nSPS) is 10.1. The summed E-state index contributed by atoms with van der Waals surface area (Å²) in [6.45, 7) is 0. The summed E-state index contributed by atoms with van der Waals surface area (Å²) in [6.07, 6.45) is 0. The zero-order valence-corrected chi connectivity index (χ0v) is 8.97. The summed E-state index contributed by atoms with van der Waals surface area (Å²) in [5.74, 6) is 0.396. The molecule has 2 rings (SSSR count). The first-order valence-electron chi connectivity index (χ1n) is 4.87. The van der Waals surface area contributed by atoms with Gasteiger partial charge in [-0.15, -0.1) is 0 Å². The number of hydrogen-bond donors (Lipinski definition) is 2. The fourth-order valence-corrected chi connectivity index (χ4v) is 1.52. The molecule has 0 radical (unpaired) electrons. The van der Waals surface area contributed by atoms with Crippen LogP contribution < -0.4 is 16.2 Å². The molecule has 1 aromatic carbocycles. The number of rotatable bonds is 2. The summed E-state index contributed by atoms with van der Waals surface area (Å²) in [7, 11) is 1.53. The second-order valence-corrected chi connectivity index (χ2v) is 3.39. The predicted molar refractivity (Wildman–Crippen MR) is 65.0 cm³/mol. The lowest BCUT2D eigenvalue weighted by atomic mass is 10.1. The monoisotopic (exact) mass is 215 g/mol. The van der Waals surface area contributed by atoms with Crippen molar-refractivity contribution in [2.45, 2.75) is 0 Å². The van der Waals surface area contributed by atoms with E-state index >= 15 is 0 Å². The van der Waals surface area contributed by atoms with E-state index in [1.54, 1.807) is 6.07 Å². The Morgan fingerprint density at radius 2 is 1.75 bits per heavy atom. The van der Waals surface area contributed by atoms with Crippen LogP contribution in [0.3, 0.4) is 0 Å². The Hall–Kier alpha value is -2.23. The number of methoxy groups -OCH3 is 1. The molecule has 0 fully saturated rings. The number of ether oxygens (including phenoxy) is 1. The average molecular weight is 215 g/mol. The number of aromatic nitrogens is 1. The van der Waals surface area contributed by atoms with Crippen molar-refractivity contribution in [3.63, 3.8) is 0 Å². The van der Waals surface area contributed by atoms with E-state index in [9.17, 15) is 0 Å². The van der Waals surface area contributed by atoms with Crippen LogP contribution in [-0.2, 0) is 0 Å². The van der Waals surface area contributed by atoms with E-state index in [-0.39, 0.29) is 0 Å². The highest BCUT2D eigenvalue weighted by Crippen LogP contribution is 2.30. The topological polar surface area (TPSA) is 74.2 Å². The minimum atomic E-state index is 0.396. The molecule has 2 aromatic rings. The Kier molecular flexibility index (Phi) is 2.64. The lowest BCUT2D eigenvalue weighted by Gasteiger charge is -2.09. The predicted octanol–water partition coefficient (Wildman–Crippen LogP) is 1.92. The fraction of sp³-hybridized carbons (Fsp3) is 0.0833. The van der Waals surface area contributed by atoms with Crippen molar-refractivity contribution in [3.8, 4) is 17.1 Å². The number of anilines is 2. The van der Waals surface area contributed by atoms with E-state index in [1.807, 2.05) is 30.3 Å². The molecule has 0 saturated carbocycles. The Morgan fingerprint density at radius 1 is 1.06 bits per heavy atom. The molecule has 0 bridgehead atoms. The summed E-state index contributed by atoms with van der Waals surface area (Å²) >= 11 is 0. The first-order valence-corrected chi connectivity index (χ1v) is 4.87. The molecule has 0 atom stereocenters. The van der Waals surface area contributed by atoms with Crippen LogP contribution in [0.1, 0.15) is 0 Å². The highest BCUT2D eigenvalue weighted by atomic mass is 16.5. The highest BCUT2D eigenvalue weighted by molar-refractivity contribution is 5.76. The van der Waals surface area contributed by atoms with E-state index < -0.39 is 0 Å². The van der Waals surface area contributed by atoms with Crippen LogP contribution in [0, 0.1) is 0 Å². The summed E-state index contributed by atoms with van der Waals surface area (Å²) < 4.78 is 5.07. The quantitative estimate of drug-likeness (QED) is 0.802. The van der Waals surface area contributed by atoms with E-state index in [0.717, 1.165) is 5.56 Å². The Bertz CT molecular complexity index is 497. The maximum atomic E-state index is 5.88. The molecule has 4 nitrogen and oxygen atoms in total.